The summed E-state index contributed by atoms with van der Waals surface area (Å²) in [6.07, 6.45) is 2.90. The summed E-state index contributed by atoms with van der Waals surface area (Å²) in [7, 11) is 0. The fourth-order valence-electron chi connectivity index (χ4n) is 5.20. The molecule has 200 valence electrons. The van der Waals surface area contributed by atoms with Crippen LogP contribution in [0.4, 0.5) is 5.82 Å². The summed E-state index contributed by atoms with van der Waals surface area (Å²) in [6, 6.07) is 23.0. The van der Waals surface area contributed by atoms with Gasteiger partial charge in [0.1, 0.15) is 28.7 Å². The predicted octanol–water partition coefficient (Wildman–Crippen LogP) is 6.26. The minimum atomic E-state index is -0.550. The highest BCUT2D eigenvalue weighted by Gasteiger charge is 2.25. The Labute approximate surface area is 237 Å². The number of oxazole rings is 1. The van der Waals surface area contributed by atoms with E-state index in [9.17, 15) is 9.59 Å². The molecule has 0 unspecified atom stereocenters. The Morgan fingerprint density at radius 3 is 2.56 bits per heavy atom. The normalized spacial score (nSPS) is 12.2. The maximum atomic E-state index is 14.5. The van der Waals surface area contributed by atoms with E-state index in [4.69, 9.17) is 16.0 Å². The molecule has 0 spiro atoms. The van der Waals surface area contributed by atoms with Crippen LogP contribution in [0.25, 0.3) is 50.0 Å². The first-order chi connectivity index (χ1) is 20.0. The number of hydrogen-bond donors (Lipinski definition) is 2. The molecule has 4 aromatic heterocycles. The number of para-hydroxylation sites is 3. The van der Waals surface area contributed by atoms with E-state index in [0.717, 1.165) is 0 Å². The first-order valence-corrected chi connectivity index (χ1v) is 13.3. The molecule has 0 fully saturated rings. The van der Waals surface area contributed by atoms with Crippen LogP contribution < -0.4 is 16.3 Å². The van der Waals surface area contributed by atoms with Crippen LogP contribution in [0, 0.1) is 0 Å². The van der Waals surface area contributed by atoms with Gasteiger partial charge in [0.25, 0.3) is 5.56 Å². The number of benzene rings is 3. The van der Waals surface area contributed by atoms with Crippen LogP contribution in [0.15, 0.2) is 105 Å². The van der Waals surface area contributed by atoms with Gasteiger partial charge in [-0.2, -0.15) is 0 Å². The Morgan fingerprint density at radius 2 is 1.73 bits per heavy atom. The van der Waals surface area contributed by atoms with Crippen LogP contribution >= 0.6 is 11.6 Å². The fourth-order valence-corrected chi connectivity index (χ4v) is 5.60. The van der Waals surface area contributed by atoms with Gasteiger partial charge in [0.2, 0.25) is 5.89 Å². The Balaban J connectivity index is 1.48. The zero-order valence-corrected chi connectivity index (χ0v) is 22.4. The molecule has 1 atom stereocenters. The summed E-state index contributed by atoms with van der Waals surface area (Å²) in [6.45, 7) is 1.86. The van der Waals surface area contributed by atoms with E-state index >= 15 is 0 Å². The van der Waals surface area contributed by atoms with Gasteiger partial charge in [0.15, 0.2) is 11.0 Å². The monoisotopic (exact) mass is 560 g/mol. The summed E-state index contributed by atoms with van der Waals surface area (Å²) in [5, 5.41) is 4.92. The third-order valence-corrected chi connectivity index (χ3v) is 7.43. The summed E-state index contributed by atoms with van der Waals surface area (Å²) < 4.78 is 7.64. The number of aromatic nitrogens is 5. The van der Waals surface area contributed by atoms with Crippen LogP contribution in [0.5, 0.6) is 0 Å². The van der Waals surface area contributed by atoms with Gasteiger partial charge in [-0.05, 0) is 37.3 Å². The van der Waals surface area contributed by atoms with Crippen molar-refractivity contribution in [2.24, 2.45) is 0 Å². The summed E-state index contributed by atoms with van der Waals surface area (Å²) in [4.78, 5) is 43.3. The number of rotatable bonds is 5. The molecular weight excluding hydrogens is 540 g/mol. The molecule has 0 aliphatic rings. The van der Waals surface area contributed by atoms with Crippen molar-refractivity contribution in [3.8, 4) is 17.1 Å². The largest absolute Gasteiger partial charge is 0.436 e. The lowest BCUT2D eigenvalue weighted by atomic mass is 10.0. The Kier molecular flexibility index (Phi) is 5.87. The van der Waals surface area contributed by atoms with Crippen molar-refractivity contribution >= 4 is 50.3 Å². The highest BCUT2D eigenvalue weighted by molar-refractivity contribution is 6.36. The molecule has 2 N–H and O–H groups in total. The second-order valence-corrected chi connectivity index (χ2v) is 9.92. The summed E-state index contributed by atoms with van der Waals surface area (Å²) in [5.74, 6) is 0.656. The van der Waals surface area contributed by atoms with Crippen molar-refractivity contribution in [2.75, 3.05) is 5.32 Å². The lowest BCUT2D eigenvalue weighted by Crippen LogP contribution is -2.27. The summed E-state index contributed by atoms with van der Waals surface area (Å²) >= 11 is 7.17. The standard InChI is InChI=1S/C31H21ClN6O3/c1-17(36-29-25-22(39)14-15-33-28(25)34-16-35-29)27-26(32)19-10-7-11-20(30-37-21-12-5-6-13-23(21)41-30)24(19)31(40)38(27)18-8-3-2-4-9-18/h2-17H,1H3,(H2,33,34,35,36,39)/t17-/m0/s1. The van der Waals surface area contributed by atoms with Gasteiger partial charge in [0.05, 0.1) is 27.7 Å². The first kappa shape index (κ1) is 24.7. The highest BCUT2D eigenvalue weighted by Crippen LogP contribution is 2.37. The number of anilines is 1. The van der Waals surface area contributed by atoms with Crippen molar-refractivity contribution in [1.29, 1.82) is 0 Å². The van der Waals surface area contributed by atoms with Gasteiger partial charge >= 0.3 is 0 Å². The SMILES string of the molecule is C[C@H](Nc1ncnc2[nH]ccc(=O)c12)c1c(Cl)c2cccc(-c3nc4ccccc4o3)c2c(=O)n1-c1ccccc1. The lowest BCUT2D eigenvalue weighted by Gasteiger charge is -2.23. The number of hydrogen-bond acceptors (Lipinski definition) is 7. The number of nitrogens with zero attached hydrogens (tertiary/aromatic N) is 4. The van der Waals surface area contributed by atoms with Gasteiger partial charge in [-0.3, -0.25) is 14.2 Å². The molecule has 0 saturated carbocycles. The Morgan fingerprint density at radius 1 is 0.927 bits per heavy atom. The zero-order valence-electron chi connectivity index (χ0n) is 21.6. The zero-order chi connectivity index (χ0) is 28.1. The van der Waals surface area contributed by atoms with E-state index < -0.39 is 6.04 Å². The van der Waals surface area contributed by atoms with E-state index in [1.54, 1.807) is 10.6 Å². The van der Waals surface area contributed by atoms with E-state index in [-0.39, 0.29) is 11.0 Å². The average molecular weight is 561 g/mol. The van der Waals surface area contributed by atoms with E-state index in [2.05, 4.69) is 25.3 Å². The van der Waals surface area contributed by atoms with Crippen molar-refractivity contribution in [3.63, 3.8) is 0 Å². The molecule has 7 aromatic rings. The van der Waals surface area contributed by atoms with Gasteiger partial charge in [-0.25, -0.2) is 15.0 Å². The third-order valence-electron chi connectivity index (χ3n) is 7.03. The average Bonchev–Trinajstić information content (AvgIpc) is 3.43. The minimum absolute atomic E-state index is 0.234. The molecule has 0 aliphatic carbocycles. The number of fused-ring (bicyclic) bond motifs is 3. The van der Waals surface area contributed by atoms with Crippen molar-refractivity contribution in [1.82, 2.24) is 24.5 Å². The maximum Gasteiger partial charge on any atom is 0.264 e. The smallest absolute Gasteiger partial charge is 0.264 e. The minimum Gasteiger partial charge on any atom is -0.436 e. The van der Waals surface area contributed by atoms with E-state index in [1.807, 2.05) is 73.7 Å². The van der Waals surface area contributed by atoms with Crippen molar-refractivity contribution in [2.45, 2.75) is 13.0 Å². The molecule has 0 amide bonds. The topological polar surface area (TPSA) is 119 Å². The molecule has 9 nitrogen and oxygen atoms in total. The number of H-pyrrole nitrogens is 1. The summed E-state index contributed by atoms with van der Waals surface area (Å²) in [5.41, 5.74) is 2.86. The van der Waals surface area contributed by atoms with Crippen LogP contribution in [-0.4, -0.2) is 24.5 Å². The molecule has 41 heavy (non-hydrogen) atoms. The fraction of sp³-hybridized carbons (Fsp3) is 0.0645. The molecule has 0 aliphatic heterocycles. The lowest BCUT2D eigenvalue weighted by molar-refractivity contribution is 0.620. The molecule has 4 heterocycles. The van der Waals surface area contributed by atoms with Gasteiger partial charge < -0.3 is 14.7 Å². The number of nitrogens with one attached hydrogen (secondary N) is 2. The maximum absolute atomic E-state index is 14.5. The number of halogens is 1. The van der Waals surface area contributed by atoms with E-state index in [0.29, 0.717) is 66.6 Å². The van der Waals surface area contributed by atoms with Gasteiger partial charge in [-0.15, -0.1) is 0 Å². The van der Waals surface area contributed by atoms with Gasteiger partial charge in [0, 0.05) is 23.3 Å². The second-order valence-electron chi connectivity index (χ2n) is 9.54. The Bertz CT molecular complexity index is 2180. The van der Waals surface area contributed by atoms with Crippen LogP contribution in [-0.2, 0) is 0 Å². The molecule has 0 radical (unpaired) electrons. The van der Waals surface area contributed by atoms with Crippen LogP contribution in [0.2, 0.25) is 5.02 Å². The predicted molar refractivity (Wildman–Crippen MR) is 160 cm³/mol. The number of aromatic amines is 1. The van der Waals surface area contributed by atoms with Crippen LogP contribution in [0.3, 0.4) is 0 Å². The molecule has 7 rings (SSSR count). The first-order valence-electron chi connectivity index (χ1n) is 12.9. The van der Waals surface area contributed by atoms with Crippen molar-refractivity contribution < 1.29 is 4.42 Å². The quantitative estimate of drug-likeness (QED) is 0.255. The third kappa shape index (κ3) is 4.06. The van der Waals surface area contributed by atoms with Crippen LogP contribution in [0.1, 0.15) is 18.7 Å². The molecule has 10 heteroatoms. The van der Waals surface area contributed by atoms with Gasteiger partial charge in [-0.1, -0.05) is 54.1 Å². The molecule has 0 saturated heterocycles. The highest BCUT2D eigenvalue weighted by atomic mass is 35.5. The number of pyridine rings is 2. The molecule has 3 aromatic carbocycles. The molecule has 0 bridgehead atoms. The molecular formula is C31H21ClN6O3. The van der Waals surface area contributed by atoms with Crippen molar-refractivity contribution in [3.05, 3.63) is 123 Å². The Hall–Kier alpha value is -5.28. The van der Waals surface area contributed by atoms with E-state index in [1.165, 1.54) is 18.6 Å². The second kappa shape index (κ2) is 9.72.